The summed E-state index contributed by atoms with van der Waals surface area (Å²) in [6.07, 6.45) is 5.48. The maximum absolute atomic E-state index is 11.6. The van der Waals surface area contributed by atoms with E-state index in [1.807, 2.05) is 12.2 Å². The number of hydrogen-bond acceptors (Lipinski definition) is 7. The molecule has 178 valence electrons. The predicted octanol–water partition coefficient (Wildman–Crippen LogP) is 2.57. The lowest BCUT2D eigenvalue weighted by Gasteiger charge is -2.34. The third kappa shape index (κ3) is 4.05. The van der Waals surface area contributed by atoms with Crippen LogP contribution in [0.5, 0.6) is 5.75 Å². The summed E-state index contributed by atoms with van der Waals surface area (Å²) in [5.41, 5.74) is 4.47. The van der Waals surface area contributed by atoms with Crippen LogP contribution in [-0.2, 0) is 11.3 Å². The highest BCUT2D eigenvalue weighted by Gasteiger charge is 2.36. The molecule has 6 rings (SSSR count). The van der Waals surface area contributed by atoms with Crippen LogP contribution in [0, 0.1) is 0 Å². The predicted molar refractivity (Wildman–Crippen MR) is 131 cm³/mol. The maximum atomic E-state index is 11.6. The summed E-state index contributed by atoms with van der Waals surface area (Å²) in [6, 6.07) is 8.58. The van der Waals surface area contributed by atoms with Gasteiger partial charge in [0.25, 0.3) is 5.91 Å². The van der Waals surface area contributed by atoms with Gasteiger partial charge in [-0.2, -0.15) is 0 Å². The van der Waals surface area contributed by atoms with E-state index in [0.717, 1.165) is 39.0 Å². The van der Waals surface area contributed by atoms with Crippen LogP contribution in [0.15, 0.2) is 30.3 Å². The Balaban J connectivity index is 1.04. The van der Waals surface area contributed by atoms with Crippen molar-refractivity contribution in [1.82, 2.24) is 15.2 Å². The highest BCUT2D eigenvalue weighted by Crippen LogP contribution is 2.43. The molecule has 0 spiro atoms. The van der Waals surface area contributed by atoms with Gasteiger partial charge in [0.15, 0.2) is 18.2 Å². The van der Waals surface area contributed by atoms with Gasteiger partial charge in [0.05, 0.1) is 10.7 Å². The number of piperidine rings is 1. The van der Waals surface area contributed by atoms with Gasteiger partial charge in [-0.3, -0.25) is 4.79 Å². The van der Waals surface area contributed by atoms with Crippen molar-refractivity contribution >= 4 is 35.1 Å². The smallest absolute Gasteiger partial charge is 0.263 e. The summed E-state index contributed by atoms with van der Waals surface area (Å²) in [5, 5.41) is 17.3. The van der Waals surface area contributed by atoms with E-state index in [4.69, 9.17) is 16.3 Å². The van der Waals surface area contributed by atoms with Gasteiger partial charge in [0, 0.05) is 43.3 Å². The summed E-state index contributed by atoms with van der Waals surface area (Å²) in [7, 11) is 0. The van der Waals surface area contributed by atoms with Crippen molar-refractivity contribution in [2.45, 2.75) is 37.6 Å². The van der Waals surface area contributed by atoms with Crippen LogP contribution in [0.1, 0.15) is 35.6 Å². The van der Waals surface area contributed by atoms with E-state index < -0.39 is 6.23 Å². The van der Waals surface area contributed by atoms with Gasteiger partial charge < -0.3 is 30.3 Å². The van der Waals surface area contributed by atoms with Gasteiger partial charge in [-0.25, -0.2) is 4.98 Å². The Kier molecular flexibility index (Phi) is 5.69. The average Bonchev–Trinajstić information content (AvgIpc) is 3.21. The lowest BCUT2D eigenvalue weighted by Crippen LogP contribution is -2.44. The minimum absolute atomic E-state index is 0.00964. The number of aromatic nitrogens is 1. The van der Waals surface area contributed by atoms with Crippen molar-refractivity contribution < 1.29 is 14.6 Å². The van der Waals surface area contributed by atoms with E-state index in [2.05, 4.69) is 43.6 Å². The molecule has 34 heavy (non-hydrogen) atoms. The number of aliphatic hydroxyl groups is 1. The van der Waals surface area contributed by atoms with Crippen molar-refractivity contribution in [2.75, 3.05) is 43.0 Å². The van der Waals surface area contributed by atoms with Crippen LogP contribution in [0.2, 0.25) is 5.02 Å². The van der Waals surface area contributed by atoms with Crippen molar-refractivity contribution in [1.29, 1.82) is 0 Å². The zero-order valence-electron chi connectivity index (χ0n) is 18.8. The fraction of sp³-hybridized carbons (Fsp3) is 0.440. The number of aliphatic hydroxyl groups excluding tert-OH is 1. The van der Waals surface area contributed by atoms with Crippen molar-refractivity contribution in [2.24, 2.45) is 0 Å². The molecule has 4 aliphatic heterocycles. The first-order valence-corrected chi connectivity index (χ1v) is 12.3. The maximum Gasteiger partial charge on any atom is 0.263 e. The molecule has 2 atom stereocenters. The quantitative estimate of drug-likeness (QED) is 0.604. The van der Waals surface area contributed by atoms with Crippen LogP contribution >= 0.6 is 11.6 Å². The van der Waals surface area contributed by atoms with Gasteiger partial charge in [0.1, 0.15) is 6.23 Å². The van der Waals surface area contributed by atoms with E-state index >= 15 is 0 Å². The number of likely N-dealkylation sites (tertiary alicyclic amines) is 1. The topological polar surface area (TPSA) is 90.0 Å². The number of benzene rings is 1. The molecule has 5 heterocycles. The Hall–Kier alpha value is -2.65. The van der Waals surface area contributed by atoms with Crippen LogP contribution in [0.4, 0.5) is 11.5 Å². The fourth-order valence-corrected chi connectivity index (χ4v) is 5.72. The molecule has 1 amide bonds. The number of pyridine rings is 1. The first-order valence-electron chi connectivity index (χ1n) is 11.9. The Morgan fingerprint density at radius 1 is 1.29 bits per heavy atom. The Labute approximate surface area is 203 Å². The highest BCUT2D eigenvalue weighted by molar-refractivity contribution is 6.31. The van der Waals surface area contributed by atoms with Crippen LogP contribution < -0.4 is 20.3 Å². The number of rotatable bonds is 5. The molecule has 8 nitrogen and oxygen atoms in total. The molecular weight excluding hydrogens is 454 g/mol. The van der Waals surface area contributed by atoms with Gasteiger partial charge in [-0.15, -0.1) is 0 Å². The minimum atomic E-state index is -0.530. The number of carbonyl (C=O) groups is 1. The molecule has 2 unspecified atom stereocenters. The summed E-state index contributed by atoms with van der Waals surface area (Å²) in [4.78, 5) is 20.7. The standard InChI is InChI=1S/C25H28ClN5O3/c26-19-10-21-25(29-22(32)14-34-21)28-20(19)11-27-17-6-8-30(9-7-17)12-16-13-31-23(33)5-4-15-2-1-3-18(16)24(15)31/h1-5,10,16-17,23,27,33H,6-9,11-14H2,(H,28,29,32). The van der Waals surface area contributed by atoms with E-state index in [1.54, 1.807) is 6.07 Å². The molecule has 3 N–H and O–H groups in total. The Bertz CT molecular complexity index is 1150. The largest absolute Gasteiger partial charge is 0.480 e. The molecule has 1 saturated heterocycles. The van der Waals surface area contributed by atoms with Gasteiger partial charge in [0.2, 0.25) is 0 Å². The molecular formula is C25H28ClN5O3. The van der Waals surface area contributed by atoms with Gasteiger partial charge in [-0.05, 0) is 43.1 Å². The zero-order chi connectivity index (χ0) is 23.2. The number of hydrogen-bond donors (Lipinski definition) is 3. The molecule has 0 aliphatic carbocycles. The second-order valence-corrected chi connectivity index (χ2v) is 9.87. The molecule has 1 aromatic heterocycles. The van der Waals surface area contributed by atoms with Crippen molar-refractivity contribution in [3.8, 4) is 5.75 Å². The third-order valence-electron chi connectivity index (χ3n) is 7.26. The molecule has 4 aliphatic rings. The van der Waals surface area contributed by atoms with Crippen molar-refractivity contribution in [3.05, 3.63) is 52.2 Å². The molecule has 9 heteroatoms. The van der Waals surface area contributed by atoms with Gasteiger partial charge in [-0.1, -0.05) is 35.9 Å². The van der Waals surface area contributed by atoms with E-state index in [0.29, 0.717) is 40.8 Å². The lowest BCUT2D eigenvalue weighted by atomic mass is 9.96. The monoisotopic (exact) mass is 481 g/mol. The van der Waals surface area contributed by atoms with Crippen LogP contribution in [0.3, 0.4) is 0 Å². The number of anilines is 2. The summed E-state index contributed by atoms with van der Waals surface area (Å²) in [5.74, 6) is 1.15. The fourth-order valence-electron chi connectivity index (χ4n) is 5.51. The average molecular weight is 482 g/mol. The number of amides is 1. The van der Waals surface area contributed by atoms with Crippen LogP contribution in [0.25, 0.3) is 6.08 Å². The summed E-state index contributed by atoms with van der Waals surface area (Å²) in [6.45, 7) is 4.46. The summed E-state index contributed by atoms with van der Waals surface area (Å²) < 4.78 is 5.38. The Morgan fingerprint density at radius 3 is 3.00 bits per heavy atom. The number of carbonyl (C=O) groups excluding carboxylic acids is 1. The number of nitrogens with one attached hydrogen (secondary N) is 2. The Morgan fingerprint density at radius 2 is 2.15 bits per heavy atom. The summed E-state index contributed by atoms with van der Waals surface area (Å²) >= 11 is 6.39. The third-order valence-corrected chi connectivity index (χ3v) is 7.59. The highest BCUT2D eigenvalue weighted by atomic mass is 35.5. The molecule has 1 fully saturated rings. The number of para-hydroxylation sites is 1. The number of fused-ring (bicyclic) bond motifs is 1. The molecule has 1 aromatic carbocycles. The second kappa shape index (κ2) is 8.85. The van der Waals surface area contributed by atoms with Gasteiger partial charge >= 0.3 is 0 Å². The SMILES string of the molecule is O=C1COc2cc(Cl)c(CNC3CCN(CC4CN5c6c(cccc64)C=CC5O)CC3)nc2N1. The van der Waals surface area contributed by atoms with Crippen molar-refractivity contribution in [3.63, 3.8) is 0 Å². The second-order valence-electron chi connectivity index (χ2n) is 9.46. The zero-order valence-corrected chi connectivity index (χ0v) is 19.6. The molecule has 0 radical (unpaired) electrons. The number of ether oxygens (including phenoxy) is 1. The van der Waals surface area contributed by atoms with E-state index in [9.17, 15) is 9.90 Å². The first kappa shape index (κ1) is 21.9. The number of nitrogens with zero attached hydrogens (tertiary/aromatic N) is 3. The molecule has 0 saturated carbocycles. The molecule has 0 bridgehead atoms. The molecule has 2 aromatic rings. The minimum Gasteiger partial charge on any atom is -0.480 e. The van der Waals surface area contributed by atoms with Crippen LogP contribution in [-0.4, -0.2) is 66.0 Å². The normalized spacial score (nSPS) is 23.9. The van der Waals surface area contributed by atoms with E-state index in [-0.39, 0.29) is 12.5 Å². The lowest BCUT2D eigenvalue weighted by molar-refractivity contribution is -0.118. The first-order chi connectivity index (χ1) is 16.5. The number of halogens is 1. The van der Waals surface area contributed by atoms with E-state index in [1.165, 1.54) is 16.8 Å².